The van der Waals surface area contributed by atoms with Crippen LogP contribution in [0.15, 0.2) is 182 Å². The van der Waals surface area contributed by atoms with Crippen LogP contribution in [0.1, 0.15) is 51.7 Å². The Morgan fingerprint density at radius 1 is 0.429 bits per heavy atom. The lowest BCUT2D eigenvalue weighted by Gasteiger charge is -2.17. The van der Waals surface area contributed by atoms with Gasteiger partial charge in [-0.3, -0.25) is 4.79 Å². The molecule has 1 atom stereocenters. The molecule has 1 amide bonds. The van der Waals surface area contributed by atoms with Gasteiger partial charge in [0.1, 0.15) is 0 Å². The molecule has 63 heavy (non-hydrogen) atoms. The van der Waals surface area contributed by atoms with E-state index in [1.54, 1.807) is 0 Å². The van der Waals surface area contributed by atoms with Gasteiger partial charge in [0.2, 0.25) is 0 Å². The lowest BCUT2D eigenvalue weighted by Crippen LogP contribution is -2.26. The van der Waals surface area contributed by atoms with Crippen molar-refractivity contribution >= 4 is 63.1 Å². The minimum Gasteiger partial charge on any atom is -0.354 e. The summed E-state index contributed by atoms with van der Waals surface area (Å²) in [6.45, 7) is 2.03. The Bertz CT molecular complexity index is 3390. The molecule has 3 aromatic heterocycles. The molecule has 11 rings (SSSR count). The third-order valence-corrected chi connectivity index (χ3v) is 12.0. The third-order valence-electron chi connectivity index (χ3n) is 12.0. The average molecular weight is 812 g/mol. The number of aromatic amines is 2. The molecule has 6 nitrogen and oxygen atoms in total. The molecule has 0 saturated carbocycles. The Hall–Kier alpha value is -8.35. The number of carbonyl (C=O) groups is 1. The van der Waals surface area contributed by atoms with E-state index in [1.807, 2.05) is 67.6 Å². The van der Waals surface area contributed by atoms with Crippen LogP contribution >= 0.6 is 0 Å². The van der Waals surface area contributed by atoms with Gasteiger partial charge in [-0.1, -0.05) is 146 Å². The van der Waals surface area contributed by atoms with Crippen molar-refractivity contribution in [2.45, 2.75) is 13.0 Å². The first-order chi connectivity index (χ1) is 31.1. The second-order valence-electron chi connectivity index (χ2n) is 15.9. The fourth-order valence-corrected chi connectivity index (χ4v) is 9.01. The quantitative estimate of drug-likeness (QED) is 0.150. The summed E-state index contributed by atoms with van der Waals surface area (Å²) in [5.41, 5.74) is 16.7. The van der Waals surface area contributed by atoms with Gasteiger partial charge in [-0.2, -0.15) is 0 Å². The van der Waals surface area contributed by atoms with Crippen molar-refractivity contribution in [1.29, 1.82) is 0 Å². The van der Waals surface area contributed by atoms with E-state index in [1.165, 1.54) is 0 Å². The monoisotopic (exact) mass is 811 g/mol. The lowest BCUT2D eigenvalue weighted by atomic mass is 9.99. The molecule has 2 aliphatic rings. The molecule has 6 heteroatoms. The van der Waals surface area contributed by atoms with Gasteiger partial charge in [-0.05, 0) is 106 Å². The largest absolute Gasteiger partial charge is 0.354 e. The first-order valence-electron chi connectivity index (χ1n) is 21.3. The number of benzene rings is 6. The number of hydrogen-bond acceptors (Lipinski definition) is 3. The lowest BCUT2D eigenvalue weighted by molar-refractivity contribution is 0.0940. The molecule has 9 aromatic rings. The van der Waals surface area contributed by atoms with Gasteiger partial charge in [0.05, 0.1) is 28.8 Å². The molecule has 0 spiro atoms. The maximum atomic E-state index is 13.8. The van der Waals surface area contributed by atoms with Gasteiger partial charge in [0.15, 0.2) is 0 Å². The van der Waals surface area contributed by atoms with Gasteiger partial charge in [-0.15, -0.1) is 0 Å². The van der Waals surface area contributed by atoms with Crippen LogP contribution in [0.3, 0.4) is 0 Å². The van der Waals surface area contributed by atoms with Crippen LogP contribution in [0, 0.1) is 0 Å². The van der Waals surface area contributed by atoms with Crippen molar-refractivity contribution in [3.8, 4) is 44.5 Å². The SMILES string of the molecule is C[C@@H](NC(=O)c1ccc(-c2c3nc(c(-c4ccccc4)c4ccc([nH]4)c(-c4ccccc4)c4nc(c(-c5ccccc5)c5ccc2[nH]5)C=C4)C=C3)cc1)c1cccc2ccccc12. The van der Waals surface area contributed by atoms with E-state index in [9.17, 15) is 4.79 Å². The molecule has 0 fully saturated rings. The van der Waals surface area contributed by atoms with Crippen molar-refractivity contribution in [3.63, 3.8) is 0 Å². The Morgan fingerprint density at radius 3 is 1.25 bits per heavy atom. The number of nitrogens with one attached hydrogen (secondary N) is 3. The van der Waals surface area contributed by atoms with Crippen LogP contribution in [0.25, 0.3) is 102 Å². The summed E-state index contributed by atoms with van der Waals surface area (Å²) in [6.07, 6.45) is 8.43. The van der Waals surface area contributed by atoms with E-state index in [0.717, 1.165) is 106 Å². The first kappa shape index (κ1) is 37.6. The van der Waals surface area contributed by atoms with E-state index in [0.29, 0.717) is 5.56 Å². The highest BCUT2D eigenvalue weighted by Gasteiger charge is 2.20. The predicted octanol–water partition coefficient (Wildman–Crippen LogP) is 14.0. The summed E-state index contributed by atoms with van der Waals surface area (Å²) in [5.74, 6) is -0.135. The van der Waals surface area contributed by atoms with E-state index >= 15 is 0 Å². The van der Waals surface area contributed by atoms with Gasteiger partial charge in [-0.25, -0.2) is 9.97 Å². The van der Waals surface area contributed by atoms with Crippen molar-refractivity contribution in [2.24, 2.45) is 0 Å². The third kappa shape index (κ3) is 7.03. The summed E-state index contributed by atoms with van der Waals surface area (Å²) in [6, 6.07) is 62.0. The minimum absolute atomic E-state index is 0.135. The molecular weight excluding hydrogens is 771 g/mol. The maximum Gasteiger partial charge on any atom is 0.251 e. The topological polar surface area (TPSA) is 86.5 Å². The molecule has 8 bridgehead atoms. The average Bonchev–Trinajstić information content (AvgIpc) is 4.19. The fourth-order valence-electron chi connectivity index (χ4n) is 9.01. The van der Waals surface area contributed by atoms with Gasteiger partial charge >= 0.3 is 0 Å². The second-order valence-corrected chi connectivity index (χ2v) is 15.9. The second kappa shape index (κ2) is 15.9. The molecule has 5 heterocycles. The molecule has 6 aromatic carbocycles. The maximum absolute atomic E-state index is 13.8. The smallest absolute Gasteiger partial charge is 0.251 e. The molecular formula is C57H41N5O. The van der Waals surface area contributed by atoms with Crippen molar-refractivity contribution in [2.75, 3.05) is 0 Å². The van der Waals surface area contributed by atoms with Crippen LogP contribution in [0.2, 0.25) is 0 Å². The first-order valence-corrected chi connectivity index (χ1v) is 21.3. The number of aromatic nitrogens is 4. The van der Waals surface area contributed by atoms with E-state index in [4.69, 9.17) is 9.97 Å². The minimum atomic E-state index is -0.188. The normalized spacial score (nSPS) is 12.4. The number of amides is 1. The van der Waals surface area contributed by atoms with Crippen molar-refractivity contribution < 1.29 is 4.79 Å². The summed E-state index contributed by atoms with van der Waals surface area (Å²) >= 11 is 0. The van der Waals surface area contributed by atoms with Gasteiger partial charge in [0.25, 0.3) is 5.91 Å². The zero-order chi connectivity index (χ0) is 42.3. The summed E-state index contributed by atoms with van der Waals surface area (Å²) in [5, 5.41) is 5.53. The van der Waals surface area contributed by atoms with Crippen LogP contribution in [0.5, 0.6) is 0 Å². The van der Waals surface area contributed by atoms with E-state index < -0.39 is 0 Å². The fraction of sp³-hybridized carbons (Fsp3) is 0.0351. The van der Waals surface area contributed by atoms with Crippen molar-refractivity contribution in [3.05, 3.63) is 216 Å². The molecule has 0 unspecified atom stereocenters. The highest BCUT2D eigenvalue weighted by Crippen LogP contribution is 2.38. The van der Waals surface area contributed by atoms with Crippen LogP contribution in [-0.4, -0.2) is 25.8 Å². The molecule has 0 saturated heterocycles. The van der Waals surface area contributed by atoms with Crippen LogP contribution in [-0.2, 0) is 0 Å². The van der Waals surface area contributed by atoms with Crippen LogP contribution in [0.4, 0.5) is 0 Å². The number of carbonyl (C=O) groups excluding carboxylic acids is 1. The molecule has 2 aliphatic heterocycles. The number of nitrogens with zero attached hydrogens (tertiary/aromatic N) is 2. The summed E-state index contributed by atoms with van der Waals surface area (Å²) in [4.78, 5) is 32.3. The molecule has 300 valence electrons. The van der Waals surface area contributed by atoms with Crippen molar-refractivity contribution in [1.82, 2.24) is 25.3 Å². The van der Waals surface area contributed by atoms with E-state index in [-0.39, 0.29) is 11.9 Å². The number of H-pyrrole nitrogens is 2. The Kier molecular flexibility index (Phi) is 9.51. The molecule has 0 aliphatic carbocycles. The predicted molar refractivity (Wildman–Crippen MR) is 260 cm³/mol. The van der Waals surface area contributed by atoms with Gasteiger partial charge in [0, 0.05) is 49.9 Å². The Morgan fingerprint density at radius 2 is 0.810 bits per heavy atom. The highest BCUT2D eigenvalue weighted by molar-refractivity contribution is 6.01. The summed E-state index contributed by atoms with van der Waals surface area (Å²) in [7, 11) is 0. The number of hydrogen-bond donors (Lipinski definition) is 3. The van der Waals surface area contributed by atoms with Crippen LogP contribution < -0.4 is 5.32 Å². The summed E-state index contributed by atoms with van der Waals surface area (Å²) < 4.78 is 0. The number of rotatable bonds is 7. The zero-order valence-corrected chi connectivity index (χ0v) is 34.5. The van der Waals surface area contributed by atoms with E-state index in [2.05, 4.69) is 161 Å². The zero-order valence-electron chi connectivity index (χ0n) is 34.5. The molecule has 3 N–H and O–H groups in total. The number of fused-ring (bicyclic) bond motifs is 9. The highest BCUT2D eigenvalue weighted by atomic mass is 16.1. The molecule has 0 radical (unpaired) electrons. The Balaban J connectivity index is 1.13. The standard InChI is InChI=1S/C57H41N5O/c1-36(43-23-13-21-37-14-11-12-22-44(37)43)58-57(63)42-26-24-41(25-27-42)56-51-34-32-49(61-51)54(39-17-7-3-8-18-39)47-30-28-45(59-47)53(38-15-5-2-6-16-38)46-29-31-48(60-46)55(40-19-9-4-10-20-40)50-33-35-52(56)62-50/h2-36,59,62H,1H3,(H,58,63)/t36-/m1/s1. The Labute approximate surface area is 365 Å². The van der Waals surface area contributed by atoms with Gasteiger partial charge < -0.3 is 15.3 Å².